The van der Waals surface area contributed by atoms with Crippen molar-refractivity contribution in [2.24, 2.45) is 0 Å². The highest BCUT2D eigenvalue weighted by Crippen LogP contribution is 2.25. The number of anilines is 2. The predicted molar refractivity (Wildman–Crippen MR) is 100 cm³/mol. The fourth-order valence-corrected chi connectivity index (χ4v) is 3.45. The first kappa shape index (κ1) is 17.1. The number of nitrogens with one attached hydrogen (secondary N) is 2. The van der Waals surface area contributed by atoms with Gasteiger partial charge in [-0.15, -0.1) is 11.3 Å². The van der Waals surface area contributed by atoms with Crippen LogP contribution in [0.4, 0.5) is 10.8 Å². The lowest BCUT2D eigenvalue weighted by atomic mass is 10.2. The van der Waals surface area contributed by atoms with E-state index in [1.807, 2.05) is 35.7 Å². The lowest BCUT2D eigenvalue weighted by molar-refractivity contribution is 0.102. The van der Waals surface area contributed by atoms with Crippen LogP contribution in [-0.4, -0.2) is 25.6 Å². The van der Waals surface area contributed by atoms with Crippen molar-refractivity contribution in [3.8, 4) is 11.3 Å². The molecule has 1 heterocycles. The first-order valence-electron chi connectivity index (χ1n) is 7.31. The number of hydrogen-bond acceptors (Lipinski definition) is 5. The van der Waals surface area contributed by atoms with Crippen molar-refractivity contribution in [1.29, 1.82) is 0 Å². The Kier molecular flexibility index (Phi) is 4.82. The topological polar surface area (TPSA) is 88.2 Å². The minimum atomic E-state index is -3.40. The largest absolute Gasteiger partial charge is 0.298 e. The third-order valence-electron chi connectivity index (χ3n) is 3.22. The molecular formula is C17H15N3O3S2. The number of carbonyl (C=O) groups excluding carboxylic acids is 1. The minimum absolute atomic E-state index is 0.333. The van der Waals surface area contributed by atoms with Gasteiger partial charge in [0.25, 0.3) is 5.91 Å². The fourth-order valence-electron chi connectivity index (χ4n) is 2.18. The highest BCUT2D eigenvalue weighted by molar-refractivity contribution is 7.92. The zero-order valence-electron chi connectivity index (χ0n) is 13.3. The van der Waals surface area contributed by atoms with Gasteiger partial charge in [-0.25, -0.2) is 13.4 Å². The minimum Gasteiger partial charge on any atom is -0.298 e. The summed E-state index contributed by atoms with van der Waals surface area (Å²) < 4.78 is 24.9. The van der Waals surface area contributed by atoms with Crippen LogP contribution in [-0.2, 0) is 10.0 Å². The number of amides is 1. The maximum atomic E-state index is 12.4. The average Bonchev–Trinajstić information content (AvgIpc) is 3.03. The number of benzene rings is 2. The number of carbonyl (C=O) groups is 1. The summed E-state index contributed by atoms with van der Waals surface area (Å²) in [4.78, 5) is 16.8. The molecule has 6 nitrogen and oxygen atoms in total. The van der Waals surface area contributed by atoms with E-state index in [0.29, 0.717) is 16.4 Å². The van der Waals surface area contributed by atoms with E-state index in [1.54, 1.807) is 18.2 Å². The van der Waals surface area contributed by atoms with Crippen molar-refractivity contribution in [2.45, 2.75) is 0 Å². The van der Waals surface area contributed by atoms with Crippen LogP contribution in [0, 0.1) is 0 Å². The van der Waals surface area contributed by atoms with E-state index in [1.165, 1.54) is 17.4 Å². The fraction of sp³-hybridized carbons (Fsp3) is 0.0588. The van der Waals surface area contributed by atoms with Crippen molar-refractivity contribution in [1.82, 2.24) is 4.98 Å². The zero-order valence-corrected chi connectivity index (χ0v) is 14.9. The average molecular weight is 373 g/mol. The van der Waals surface area contributed by atoms with Crippen molar-refractivity contribution >= 4 is 38.1 Å². The van der Waals surface area contributed by atoms with Crippen LogP contribution in [0.3, 0.4) is 0 Å². The van der Waals surface area contributed by atoms with Crippen LogP contribution in [0.15, 0.2) is 60.0 Å². The SMILES string of the molecule is CS(=O)(=O)Nc1cccc(C(=O)Nc2nc(-c3ccccc3)cs2)c1. The summed E-state index contributed by atoms with van der Waals surface area (Å²) in [5, 5.41) is 5.07. The zero-order chi connectivity index (χ0) is 17.9. The molecule has 0 spiro atoms. The second-order valence-electron chi connectivity index (χ2n) is 5.31. The Morgan fingerprint density at radius 2 is 1.84 bits per heavy atom. The Balaban J connectivity index is 1.75. The highest BCUT2D eigenvalue weighted by Gasteiger charge is 2.11. The number of sulfonamides is 1. The van der Waals surface area contributed by atoms with Gasteiger partial charge in [-0.05, 0) is 18.2 Å². The molecule has 0 unspecified atom stereocenters. The van der Waals surface area contributed by atoms with Gasteiger partial charge in [0.1, 0.15) is 0 Å². The van der Waals surface area contributed by atoms with Crippen LogP contribution >= 0.6 is 11.3 Å². The summed E-state index contributed by atoms with van der Waals surface area (Å²) in [6.45, 7) is 0. The van der Waals surface area contributed by atoms with E-state index in [9.17, 15) is 13.2 Å². The van der Waals surface area contributed by atoms with E-state index >= 15 is 0 Å². The molecule has 0 aliphatic carbocycles. The Labute approximate surface area is 149 Å². The Morgan fingerprint density at radius 1 is 1.08 bits per heavy atom. The molecule has 2 aromatic carbocycles. The van der Waals surface area contributed by atoms with Crippen LogP contribution in [0.25, 0.3) is 11.3 Å². The van der Waals surface area contributed by atoms with Crippen LogP contribution in [0.2, 0.25) is 0 Å². The molecule has 0 aliphatic heterocycles. The van der Waals surface area contributed by atoms with Gasteiger partial charge in [-0.2, -0.15) is 0 Å². The van der Waals surface area contributed by atoms with Gasteiger partial charge in [0, 0.05) is 22.2 Å². The van der Waals surface area contributed by atoms with Gasteiger partial charge in [0.05, 0.1) is 11.9 Å². The van der Waals surface area contributed by atoms with Crippen LogP contribution in [0.1, 0.15) is 10.4 Å². The number of hydrogen-bond donors (Lipinski definition) is 2. The predicted octanol–water partition coefficient (Wildman–Crippen LogP) is 3.43. The molecule has 0 aliphatic rings. The summed E-state index contributed by atoms with van der Waals surface area (Å²) in [5.74, 6) is -0.355. The Bertz CT molecular complexity index is 999. The van der Waals surface area contributed by atoms with Crippen molar-refractivity contribution in [3.63, 3.8) is 0 Å². The van der Waals surface area contributed by atoms with E-state index in [4.69, 9.17) is 0 Å². The molecule has 3 rings (SSSR count). The molecule has 0 fully saturated rings. The quantitative estimate of drug-likeness (QED) is 0.717. The number of nitrogens with zero attached hydrogens (tertiary/aromatic N) is 1. The summed E-state index contributed by atoms with van der Waals surface area (Å²) in [6.07, 6.45) is 1.06. The molecule has 25 heavy (non-hydrogen) atoms. The molecule has 0 saturated carbocycles. The highest BCUT2D eigenvalue weighted by atomic mass is 32.2. The third kappa shape index (κ3) is 4.65. The maximum Gasteiger partial charge on any atom is 0.257 e. The number of rotatable bonds is 5. The molecule has 128 valence electrons. The Morgan fingerprint density at radius 3 is 2.56 bits per heavy atom. The first-order chi connectivity index (χ1) is 11.9. The lowest BCUT2D eigenvalue weighted by Crippen LogP contribution is -2.13. The van der Waals surface area contributed by atoms with Crippen LogP contribution in [0.5, 0.6) is 0 Å². The number of thiazole rings is 1. The molecule has 2 N–H and O–H groups in total. The second kappa shape index (κ2) is 7.04. The second-order valence-corrected chi connectivity index (χ2v) is 7.92. The molecule has 0 bridgehead atoms. The van der Waals surface area contributed by atoms with Gasteiger partial charge in [0.15, 0.2) is 5.13 Å². The first-order valence-corrected chi connectivity index (χ1v) is 10.1. The molecule has 1 amide bonds. The monoisotopic (exact) mass is 373 g/mol. The molecule has 8 heteroatoms. The number of aromatic nitrogens is 1. The summed E-state index contributed by atoms with van der Waals surface area (Å²) in [5.41, 5.74) is 2.43. The van der Waals surface area contributed by atoms with E-state index in [0.717, 1.165) is 17.5 Å². The summed E-state index contributed by atoms with van der Waals surface area (Å²) in [6, 6.07) is 15.9. The molecule has 1 aromatic heterocycles. The molecule has 0 atom stereocenters. The lowest BCUT2D eigenvalue weighted by Gasteiger charge is -2.06. The normalized spacial score (nSPS) is 11.1. The van der Waals surface area contributed by atoms with Crippen LogP contribution < -0.4 is 10.0 Å². The van der Waals surface area contributed by atoms with E-state index in [2.05, 4.69) is 15.0 Å². The van der Waals surface area contributed by atoms with Gasteiger partial charge < -0.3 is 0 Å². The van der Waals surface area contributed by atoms with Gasteiger partial charge in [0.2, 0.25) is 10.0 Å². The smallest absolute Gasteiger partial charge is 0.257 e. The van der Waals surface area contributed by atoms with Gasteiger partial charge in [-0.1, -0.05) is 36.4 Å². The Hall–Kier alpha value is -2.71. The van der Waals surface area contributed by atoms with Crippen molar-refractivity contribution < 1.29 is 13.2 Å². The van der Waals surface area contributed by atoms with Gasteiger partial charge in [-0.3, -0.25) is 14.8 Å². The van der Waals surface area contributed by atoms with Crippen molar-refractivity contribution in [3.05, 3.63) is 65.5 Å². The standard InChI is InChI=1S/C17H15N3O3S2/c1-25(22,23)20-14-9-5-8-13(10-14)16(21)19-17-18-15(11-24-17)12-6-3-2-4-7-12/h2-11,20H,1H3,(H,18,19,21). The van der Waals surface area contributed by atoms with E-state index < -0.39 is 10.0 Å². The van der Waals surface area contributed by atoms with Gasteiger partial charge >= 0.3 is 0 Å². The molecular weight excluding hydrogens is 358 g/mol. The van der Waals surface area contributed by atoms with E-state index in [-0.39, 0.29) is 5.91 Å². The molecule has 3 aromatic rings. The molecule has 0 saturated heterocycles. The summed E-state index contributed by atoms with van der Waals surface area (Å²) in [7, 11) is -3.40. The third-order valence-corrected chi connectivity index (χ3v) is 4.59. The molecule has 0 radical (unpaired) electrons. The van der Waals surface area contributed by atoms with Crippen molar-refractivity contribution in [2.75, 3.05) is 16.3 Å². The maximum absolute atomic E-state index is 12.4. The summed E-state index contributed by atoms with van der Waals surface area (Å²) >= 11 is 1.33.